The maximum Gasteiger partial charge on any atom is 0.223 e. The smallest absolute Gasteiger partial charge is 0.223 e. The Morgan fingerprint density at radius 1 is 1.33 bits per heavy atom. The van der Waals surface area contributed by atoms with Gasteiger partial charge in [0.25, 0.3) is 0 Å². The molecule has 4 heteroatoms. The molecule has 18 heavy (non-hydrogen) atoms. The highest BCUT2D eigenvalue weighted by atomic mass is 16.1. The lowest BCUT2D eigenvalue weighted by Crippen LogP contribution is -2.46. The van der Waals surface area contributed by atoms with Crippen LogP contribution >= 0.6 is 0 Å². The van der Waals surface area contributed by atoms with Gasteiger partial charge in [-0.3, -0.25) is 4.79 Å². The van der Waals surface area contributed by atoms with Crippen molar-refractivity contribution in [1.82, 2.24) is 15.5 Å². The fourth-order valence-electron chi connectivity index (χ4n) is 2.59. The van der Waals surface area contributed by atoms with E-state index in [-0.39, 0.29) is 17.9 Å². The number of carbonyl (C=O) groups is 1. The Hall–Kier alpha value is -0.610. The number of hydrogen-bond donors (Lipinski definition) is 2. The number of hydrogen-bond acceptors (Lipinski definition) is 3. The minimum atomic E-state index is 0.211. The van der Waals surface area contributed by atoms with Gasteiger partial charge in [0.2, 0.25) is 5.91 Å². The zero-order valence-corrected chi connectivity index (χ0v) is 12.3. The zero-order valence-electron chi connectivity index (χ0n) is 12.3. The Morgan fingerprint density at radius 3 is 2.44 bits per heavy atom. The maximum atomic E-state index is 12.2. The molecule has 2 N–H and O–H groups in total. The number of amides is 1. The molecule has 1 amide bonds. The standard InChI is InChI=1S/C14H29N3O/c1-11(2)9-13(10-17(3)4)16-14(18)12-5-7-15-8-6-12/h11-13,15H,5-10H2,1-4H3,(H,16,18). The van der Waals surface area contributed by atoms with Crippen molar-refractivity contribution >= 4 is 5.91 Å². The van der Waals surface area contributed by atoms with E-state index in [0.717, 1.165) is 38.9 Å². The average Bonchev–Trinajstić information content (AvgIpc) is 2.28. The highest BCUT2D eigenvalue weighted by Gasteiger charge is 2.23. The van der Waals surface area contributed by atoms with Gasteiger partial charge in [0.15, 0.2) is 0 Å². The highest BCUT2D eigenvalue weighted by Crippen LogP contribution is 2.13. The van der Waals surface area contributed by atoms with E-state index in [1.807, 2.05) is 0 Å². The second-order valence-corrected chi connectivity index (χ2v) is 6.12. The number of carbonyl (C=O) groups excluding carboxylic acids is 1. The van der Waals surface area contributed by atoms with Crippen molar-refractivity contribution in [3.05, 3.63) is 0 Å². The molecule has 1 rings (SSSR count). The first-order valence-corrected chi connectivity index (χ1v) is 7.15. The Kier molecular flexibility index (Phi) is 6.65. The average molecular weight is 255 g/mol. The summed E-state index contributed by atoms with van der Waals surface area (Å²) in [5, 5.41) is 6.54. The summed E-state index contributed by atoms with van der Waals surface area (Å²) in [7, 11) is 4.12. The van der Waals surface area contributed by atoms with Gasteiger partial charge in [0, 0.05) is 18.5 Å². The molecule has 1 aliphatic heterocycles. The third kappa shape index (κ3) is 5.83. The minimum Gasteiger partial charge on any atom is -0.352 e. The third-order valence-corrected chi connectivity index (χ3v) is 3.40. The Labute approximate surface area is 111 Å². The molecule has 4 nitrogen and oxygen atoms in total. The fraction of sp³-hybridized carbons (Fsp3) is 0.929. The zero-order chi connectivity index (χ0) is 13.5. The molecule has 0 aromatic heterocycles. The fourth-order valence-corrected chi connectivity index (χ4v) is 2.59. The molecule has 1 fully saturated rings. The van der Waals surface area contributed by atoms with Gasteiger partial charge >= 0.3 is 0 Å². The van der Waals surface area contributed by atoms with Gasteiger partial charge in [-0.15, -0.1) is 0 Å². The molecule has 0 aliphatic carbocycles. The molecule has 1 unspecified atom stereocenters. The Balaban J connectivity index is 2.44. The molecule has 0 aromatic carbocycles. The molecule has 0 saturated carbocycles. The molecule has 106 valence electrons. The van der Waals surface area contributed by atoms with E-state index in [4.69, 9.17) is 0 Å². The normalized spacial score (nSPS) is 19.2. The summed E-state index contributed by atoms with van der Waals surface area (Å²) in [4.78, 5) is 14.4. The van der Waals surface area contributed by atoms with Crippen LogP contribution in [0.1, 0.15) is 33.1 Å². The number of nitrogens with zero attached hydrogens (tertiary/aromatic N) is 1. The van der Waals surface area contributed by atoms with Crippen molar-refractivity contribution in [3.63, 3.8) is 0 Å². The molecule has 1 atom stereocenters. The molecule has 0 radical (unpaired) electrons. The van der Waals surface area contributed by atoms with Gasteiger partial charge in [0.05, 0.1) is 0 Å². The lowest BCUT2D eigenvalue weighted by Gasteiger charge is -2.28. The van der Waals surface area contributed by atoms with Crippen molar-refractivity contribution in [2.75, 3.05) is 33.7 Å². The van der Waals surface area contributed by atoms with E-state index in [1.165, 1.54) is 0 Å². The van der Waals surface area contributed by atoms with Crippen LogP contribution in [0.2, 0.25) is 0 Å². The van der Waals surface area contributed by atoms with Crippen LogP contribution in [0.15, 0.2) is 0 Å². The monoisotopic (exact) mass is 255 g/mol. The van der Waals surface area contributed by atoms with Crippen LogP contribution in [-0.4, -0.2) is 50.6 Å². The van der Waals surface area contributed by atoms with Crippen molar-refractivity contribution in [2.24, 2.45) is 11.8 Å². The molecule has 1 saturated heterocycles. The quantitative estimate of drug-likeness (QED) is 0.746. The summed E-state index contributed by atoms with van der Waals surface area (Å²) in [5.74, 6) is 1.08. The second kappa shape index (κ2) is 7.74. The number of likely N-dealkylation sites (N-methyl/N-ethyl adjacent to an activating group) is 1. The summed E-state index contributed by atoms with van der Waals surface area (Å²) >= 11 is 0. The van der Waals surface area contributed by atoms with Crippen molar-refractivity contribution < 1.29 is 4.79 Å². The number of rotatable bonds is 6. The van der Waals surface area contributed by atoms with Crippen molar-refractivity contribution in [3.8, 4) is 0 Å². The second-order valence-electron chi connectivity index (χ2n) is 6.12. The van der Waals surface area contributed by atoms with E-state index in [0.29, 0.717) is 5.92 Å². The first kappa shape index (κ1) is 15.4. The summed E-state index contributed by atoms with van der Waals surface area (Å²) < 4.78 is 0. The molecule has 0 aromatic rings. The molecular weight excluding hydrogens is 226 g/mol. The van der Waals surface area contributed by atoms with E-state index < -0.39 is 0 Å². The SMILES string of the molecule is CC(C)CC(CN(C)C)NC(=O)C1CCNCC1. The van der Waals surface area contributed by atoms with Gasteiger partial charge in [-0.1, -0.05) is 13.8 Å². The van der Waals surface area contributed by atoms with E-state index in [1.54, 1.807) is 0 Å². The van der Waals surface area contributed by atoms with Crippen molar-refractivity contribution in [2.45, 2.75) is 39.2 Å². The van der Waals surface area contributed by atoms with Crippen LogP contribution in [0.5, 0.6) is 0 Å². The van der Waals surface area contributed by atoms with Crippen LogP contribution in [-0.2, 0) is 4.79 Å². The third-order valence-electron chi connectivity index (χ3n) is 3.40. The lowest BCUT2D eigenvalue weighted by molar-refractivity contribution is -0.126. The molecule has 1 heterocycles. The Bertz CT molecular complexity index is 237. The van der Waals surface area contributed by atoms with Crippen LogP contribution in [0.4, 0.5) is 0 Å². The summed E-state index contributed by atoms with van der Waals surface area (Å²) in [5.41, 5.74) is 0. The van der Waals surface area contributed by atoms with Crippen LogP contribution in [0.25, 0.3) is 0 Å². The van der Waals surface area contributed by atoms with Gasteiger partial charge < -0.3 is 15.5 Å². The highest BCUT2D eigenvalue weighted by molar-refractivity contribution is 5.79. The summed E-state index contributed by atoms with van der Waals surface area (Å²) in [6, 6.07) is 0.280. The molecule has 1 aliphatic rings. The van der Waals surface area contributed by atoms with Crippen LogP contribution in [0.3, 0.4) is 0 Å². The number of nitrogens with one attached hydrogen (secondary N) is 2. The topological polar surface area (TPSA) is 44.4 Å². The predicted molar refractivity (Wildman–Crippen MR) is 75.5 cm³/mol. The van der Waals surface area contributed by atoms with Crippen molar-refractivity contribution in [1.29, 1.82) is 0 Å². The van der Waals surface area contributed by atoms with Gasteiger partial charge in [0.1, 0.15) is 0 Å². The van der Waals surface area contributed by atoms with Gasteiger partial charge in [-0.05, 0) is 52.4 Å². The molecular formula is C14H29N3O. The predicted octanol–water partition coefficient (Wildman–Crippen LogP) is 1.08. The minimum absolute atomic E-state index is 0.211. The largest absolute Gasteiger partial charge is 0.352 e. The molecule has 0 bridgehead atoms. The van der Waals surface area contributed by atoms with E-state index in [9.17, 15) is 4.79 Å². The number of piperidine rings is 1. The lowest BCUT2D eigenvalue weighted by atomic mass is 9.96. The van der Waals surface area contributed by atoms with E-state index >= 15 is 0 Å². The Morgan fingerprint density at radius 2 is 1.94 bits per heavy atom. The summed E-state index contributed by atoms with van der Waals surface area (Å²) in [6.07, 6.45) is 3.00. The van der Waals surface area contributed by atoms with E-state index in [2.05, 4.69) is 43.5 Å². The van der Waals surface area contributed by atoms with Crippen LogP contribution < -0.4 is 10.6 Å². The first-order chi connectivity index (χ1) is 8.49. The molecule has 0 spiro atoms. The van der Waals surface area contributed by atoms with Gasteiger partial charge in [-0.2, -0.15) is 0 Å². The maximum absolute atomic E-state index is 12.2. The summed E-state index contributed by atoms with van der Waals surface area (Å²) in [6.45, 7) is 7.29. The van der Waals surface area contributed by atoms with Crippen LogP contribution in [0, 0.1) is 11.8 Å². The first-order valence-electron chi connectivity index (χ1n) is 7.15. The van der Waals surface area contributed by atoms with Gasteiger partial charge in [-0.25, -0.2) is 0 Å².